The van der Waals surface area contributed by atoms with Crippen molar-refractivity contribution in [3.63, 3.8) is 0 Å². The van der Waals surface area contributed by atoms with E-state index in [1.165, 1.54) is 25.1 Å². The molecule has 1 aliphatic rings. The molecule has 1 aliphatic heterocycles. The predicted molar refractivity (Wildman–Crippen MR) is 146 cm³/mol. The zero-order chi connectivity index (χ0) is 25.5. The Kier molecular flexibility index (Phi) is 8.79. The highest BCUT2D eigenvalue weighted by Crippen LogP contribution is 2.24. The second-order valence-electron chi connectivity index (χ2n) is 9.57. The van der Waals surface area contributed by atoms with Crippen LogP contribution in [0.2, 0.25) is 0 Å². The van der Waals surface area contributed by atoms with Crippen molar-refractivity contribution in [2.24, 2.45) is 0 Å². The topological polar surface area (TPSA) is 106 Å². The van der Waals surface area contributed by atoms with Crippen LogP contribution in [0.1, 0.15) is 36.5 Å². The summed E-state index contributed by atoms with van der Waals surface area (Å²) in [6.07, 6.45) is 6.09. The van der Waals surface area contributed by atoms with Gasteiger partial charge in [0.15, 0.2) is 0 Å². The van der Waals surface area contributed by atoms with Gasteiger partial charge in [0.25, 0.3) is 0 Å². The number of sulfonamides is 1. The molecule has 1 fully saturated rings. The van der Waals surface area contributed by atoms with Gasteiger partial charge in [0.2, 0.25) is 15.9 Å². The molecule has 194 valence electrons. The fraction of sp³-hybridized carbons (Fsp3) is 0.444. The van der Waals surface area contributed by atoms with Gasteiger partial charge in [0, 0.05) is 61.9 Å². The van der Waals surface area contributed by atoms with Gasteiger partial charge < -0.3 is 15.6 Å². The Bertz CT molecular complexity index is 1260. The Labute approximate surface area is 213 Å². The van der Waals surface area contributed by atoms with Gasteiger partial charge in [-0.05, 0) is 73.7 Å². The molecule has 2 aromatic carbocycles. The van der Waals surface area contributed by atoms with Crippen LogP contribution in [0.25, 0.3) is 10.9 Å². The Hall–Kier alpha value is -2.72. The van der Waals surface area contributed by atoms with Gasteiger partial charge >= 0.3 is 0 Å². The summed E-state index contributed by atoms with van der Waals surface area (Å²) in [5, 5.41) is 7.39. The molecule has 0 spiro atoms. The molecule has 1 saturated heterocycles. The minimum Gasteiger partial charge on any atom is -0.361 e. The Morgan fingerprint density at radius 2 is 1.81 bits per heavy atom. The van der Waals surface area contributed by atoms with E-state index < -0.39 is 10.0 Å². The predicted octanol–water partition coefficient (Wildman–Crippen LogP) is 3.01. The number of rotatable bonds is 11. The van der Waals surface area contributed by atoms with E-state index in [2.05, 4.69) is 43.6 Å². The number of fused-ring (bicyclic) bond motifs is 1. The van der Waals surface area contributed by atoms with E-state index in [-0.39, 0.29) is 11.7 Å². The monoisotopic (exact) mass is 511 g/mol. The molecule has 4 N–H and O–H groups in total. The Balaban J connectivity index is 1.42. The van der Waals surface area contributed by atoms with Crippen LogP contribution in [0.5, 0.6) is 0 Å². The first-order chi connectivity index (χ1) is 17.3. The number of piperazine rings is 1. The van der Waals surface area contributed by atoms with Crippen molar-refractivity contribution in [3.05, 3.63) is 65.4 Å². The molecule has 9 heteroatoms. The molecule has 0 saturated carbocycles. The molecule has 4 rings (SSSR count). The van der Waals surface area contributed by atoms with Crippen LogP contribution in [-0.4, -0.2) is 63.5 Å². The van der Waals surface area contributed by atoms with E-state index in [0.29, 0.717) is 6.04 Å². The number of nitrogens with one attached hydrogen (secondary N) is 4. The smallest absolute Gasteiger partial charge is 0.221 e. The van der Waals surface area contributed by atoms with Gasteiger partial charge in [0.1, 0.15) is 0 Å². The van der Waals surface area contributed by atoms with E-state index in [1.807, 2.05) is 30.3 Å². The fourth-order valence-electron chi connectivity index (χ4n) is 5.00. The average Bonchev–Trinajstić information content (AvgIpc) is 3.26. The summed E-state index contributed by atoms with van der Waals surface area (Å²) < 4.78 is 26.4. The molecular formula is C27H37N5O3S. The number of aryl methyl sites for hydroxylation is 1. The molecule has 36 heavy (non-hydrogen) atoms. The van der Waals surface area contributed by atoms with Crippen LogP contribution < -0.4 is 15.4 Å². The van der Waals surface area contributed by atoms with Crippen molar-refractivity contribution in [3.8, 4) is 0 Å². The van der Waals surface area contributed by atoms with E-state index in [9.17, 15) is 13.2 Å². The SMILES string of the molecule is CNS(=O)(=O)Cc1ccc2[nH]cc(CCCC(Cc3ccc(NC(C)=O)cc3)N3CCNCC3)c2c1. The van der Waals surface area contributed by atoms with E-state index >= 15 is 0 Å². The van der Waals surface area contributed by atoms with Crippen molar-refractivity contribution < 1.29 is 13.2 Å². The number of amides is 1. The van der Waals surface area contributed by atoms with Crippen LogP contribution in [0, 0.1) is 0 Å². The zero-order valence-corrected chi connectivity index (χ0v) is 22.0. The maximum atomic E-state index is 12.0. The molecule has 0 aliphatic carbocycles. The number of aromatic nitrogens is 1. The Morgan fingerprint density at radius 1 is 1.08 bits per heavy atom. The summed E-state index contributed by atoms with van der Waals surface area (Å²) in [7, 11) is -1.86. The number of carbonyl (C=O) groups excluding carboxylic acids is 1. The largest absolute Gasteiger partial charge is 0.361 e. The van der Waals surface area contributed by atoms with Crippen molar-refractivity contribution in [2.45, 2.75) is 44.4 Å². The number of nitrogens with zero attached hydrogens (tertiary/aromatic N) is 1. The van der Waals surface area contributed by atoms with Gasteiger partial charge in [-0.2, -0.15) is 0 Å². The summed E-state index contributed by atoms with van der Waals surface area (Å²) in [5.41, 5.74) is 5.15. The number of benzene rings is 2. The average molecular weight is 512 g/mol. The zero-order valence-electron chi connectivity index (χ0n) is 21.1. The third-order valence-electron chi connectivity index (χ3n) is 6.90. The van der Waals surface area contributed by atoms with Gasteiger partial charge in [-0.3, -0.25) is 9.69 Å². The molecule has 1 aromatic heterocycles. The molecule has 3 aromatic rings. The molecule has 0 bridgehead atoms. The number of carbonyl (C=O) groups is 1. The van der Waals surface area contributed by atoms with Gasteiger partial charge in [-0.25, -0.2) is 13.1 Å². The summed E-state index contributed by atoms with van der Waals surface area (Å²) in [6.45, 7) is 5.64. The molecule has 1 amide bonds. The molecule has 2 heterocycles. The van der Waals surface area contributed by atoms with E-state index in [1.54, 1.807) is 0 Å². The summed E-state index contributed by atoms with van der Waals surface area (Å²) in [5.74, 6) is -0.0786. The normalized spacial score (nSPS) is 15.7. The lowest BCUT2D eigenvalue weighted by molar-refractivity contribution is -0.114. The number of hydrogen-bond acceptors (Lipinski definition) is 5. The quantitative estimate of drug-likeness (QED) is 0.317. The number of H-pyrrole nitrogens is 1. The third-order valence-corrected chi connectivity index (χ3v) is 8.23. The lowest BCUT2D eigenvalue weighted by atomic mass is 9.96. The fourth-order valence-corrected chi connectivity index (χ4v) is 5.77. The Morgan fingerprint density at radius 3 is 2.50 bits per heavy atom. The van der Waals surface area contributed by atoms with Crippen LogP contribution in [0.15, 0.2) is 48.7 Å². The third kappa shape index (κ3) is 7.16. The number of anilines is 1. The first-order valence-corrected chi connectivity index (χ1v) is 14.3. The molecule has 0 radical (unpaired) electrons. The van der Waals surface area contributed by atoms with Crippen molar-refractivity contribution in [2.75, 3.05) is 38.5 Å². The first kappa shape index (κ1) is 26.3. The van der Waals surface area contributed by atoms with E-state index in [0.717, 1.165) is 74.0 Å². The number of aromatic amines is 1. The standard InChI is InChI=1S/C27H37N5O3S/c1-20(33)31-24-9-6-21(7-10-24)16-25(32-14-12-29-13-15-32)5-3-4-23-18-30-27-11-8-22(17-26(23)27)19-36(34,35)28-2/h6-11,17-18,25,28-30H,3-5,12-16,19H2,1-2H3,(H,31,33). The second-order valence-corrected chi connectivity index (χ2v) is 11.5. The lowest BCUT2D eigenvalue weighted by Gasteiger charge is -2.35. The molecular weight excluding hydrogens is 474 g/mol. The van der Waals surface area contributed by atoms with Gasteiger partial charge in [-0.1, -0.05) is 18.2 Å². The summed E-state index contributed by atoms with van der Waals surface area (Å²) in [4.78, 5) is 17.2. The highest BCUT2D eigenvalue weighted by atomic mass is 32.2. The van der Waals surface area contributed by atoms with Crippen molar-refractivity contribution in [1.82, 2.24) is 19.9 Å². The van der Waals surface area contributed by atoms with Crippen LogP contribution >= 0.6 is 0 Å². The second kappa shape index (κ2) is 12.0. The maximum absolute atomic E-state index is 12.0. The molecule has 8 nitrogen and oxygen atoms in total. The van der Waals surface area contributed by atoms with Crippen LogP contribution in [0.4, 0.5) is 5.69 Å². The van der Waals surface area contributed by atoms with Crippen LogP contribution in [0.3, 0.4) is 0 Å². The maximum Gasteiger partial charge on any atom is 0.221 e. The highest BCUT2D eigenvalue weighted by molar-refractivity contribution is 7.88. The lowest BCUT2D eigenvalue weighted by Crippen LogP contribution is -2.49. The van der Waals surface area contributed by atoms with Gasteiger partial charge in [0.05, 0.1) is 5.75 Å². The minimum atomic E-state index is -3.31. The van der Waals surface area contributed by atoms with E-state index in [4.69, 9.17) is 0 Å². The minimum absolute atomic E-state index is 0.0180. The van der Waals surface area contributed by atoms with Crippen molar-refractivity contribution >= 4 is 32.5 Å². The molecule has 1 atom stereocenters. The summed E-state index contributed by atoms with van der Waals surface area (Å²) in [6, 6.07) is 14.5. The molecule has 1 unspecified atom stereocenters. The number of hydrogen-bond donors (Lipinski definition) is 4. The summed E-state index contributed by atoms with van der Waals surface area (Å²) >= 11 is 0. The van der Waals surface area contributed by atoms with Crippen molar-refractivity contribution in [1.29, 1.82) is 0 Å². The first-order valence-electron chi connectivity index (χ1n) is 12.6. The van der Waals surface area contributed by atoms with Crippen LogP contribution in [-0.2, 0) is 33.4 Å². The highest BCUT2D eigenvalue weighted by Gasteiger charge is 2.21. The van der Waals surface area contributed by atoms with Gasteiger partial charge in [-0.15, -0.1) is 0 Å².